The highest BCUT2D eigenvalue weighted by Gasteiger charge is 2.18. The molecule has 0 spiro atoms. The number of halogens is 1. The van der Waals surface area contributed by atoms with Crippen LogP contribution < -0.4 is 5.32 Å². The molecule has 0 saturated carbocycles. The Morgan fingerprint density at radius 2 is 1.81 bits per heavy atom. The summed E-state index contributed by atoms with van der Waals surface area (Å²) in [6, 6.07) is 9.86. The Morgan fingerprint density at radius 1 is 1.07 bits per heavy atom. The van der Waals surface area contributed by atoms with Crippen LogP contribution in [-0.2, 0) is 20.3 Å². The Labute approximate surface area is 164 Å². The van der Waals surface area contributed by atoms with E-state index in [0.29, 0.717) is 16.4 Å². The lowest BCUT2D eigenvalue weighted by Gasteiger charge is -2.26. The van der Waals surface area contributed by atoms with E-state index in [9.17, 15) is 8.42 Å². The normalized spacial score (nSPS) is 15.6. The fraction of sp³-hybridized carbons (Fsp3) is 0.444. The maximum atomic E-state index is 12.5. The van der Waals surface area contributed by atoms with E-state index >= 15 is 0 Å². The van der Waals surface area contributed by atoms with Gasteiger partial charge in [0.05, 0.1) is 19.0 Å². The van der Waals surface area contributed by atoms with Crippen molar-refractivity contribution in [2.75, 3.05) is 44.7 Å². The van der Waals surface area contributed by atoms with Crippen LogP contribution in [0.15, 0.2) is 41.4 Å². The van der Waals surface area contributed by atoms with Crippen molar-refractivity contribution < 1.29 is 13.2 Å². The van der Waals surface area contributed by atoms with Crippen molar-refractivity contribution >= 4 is 27.3 Å². The largest absolute Gasteiger partial charge is 0.379 e. The molecule has 1 N–H and O–H groups in total. The molecule has 1 aliphatic heterocycles. The first-order valence-corrected chi connectivity index (χ1v) is 10.9. The summed E-state index contributed by atoms with van der Waals surface area (Å²) in [5.41, 5.74) is 0.659. The summed E-state index contributed by atoms with van der Waals surface area (Å²) in [4.78, 5) is 2.36. The minimum absolute atomic E-state index is 0.0312. The van der Waals surface area contributed by atoms with E-state index in [4.69, 9.17) is 16.3 Å². The molecule has 1 saturated heterocycles. The zero-order valence-corrected chi connectivity index (χ0v) is 16.5. The van der Waals surface area contributed by atoms with Gasteiger partial charge in [0.1, 0.15) is 5.82 Å². The average molecular weight is 411 g/mol. The molecular weight excluding hydrogens is 388 g/mol. The van der Waals surface area contributed by atoms with E-state index in [1.54, 1.807) is 30.3 Å². The van der Waals surface area contributed by atoms with Gasteiger partial charge in [-0.3, -0.25) is 4.90 Å². The molecule has 0 aliphatic carbocycles. The number of hydrogen-bond donors (Lipinski definition) is 1. The van der Waals surface area contributed by atoms with Crippen LogP contribution in [0.25, 0.3) is 0 Å². The summed E-state index contributed by atoms with van der Waals surface area (Å²) < 4.78 is 30.2. The molecule has 0 atom stereocenters. The summed E-state index contributed by atoms with van der Waals surface area (Å²) >= 11 is 5.83. The Bertz CT molecular complexity index is 823. The maximum Gasteiger partial charge on any atom is 0.201 e. The number of anilines is 1. The molecule has 2 aromatic rings. The minimum atomic E-state index is -3.55. The number of morpholine rings is 1. The van der Waals surface area contributed by atoms with Crippen molar-refractivity contribution in [2.45, 2.75) is 17.2 Å². The van der Waals surface area contributed by atoms with Crippen LogP contribution in [0.2, 0.25) is 5.02 Å². The fourth-order valence-corrected chi connectivity index (χ4v) is 4.14. The number of benzene rings is 1. The van der Waals surface area contributed by atoms with Gasteiger partial charge in [-0.1, -0.05) is 23.7 Å². The first-order valence-electron chi connectivity index (χ1n) is 8.88. The van der Waals surface area contributed by atoms with E-state index in [1.807, 2.05) is 0 Å². The number of rotatable bonds is 8. The number of nitrogens with zero attached hydrogens (tertiary/aromatic N) is 3. The Kier molecular flexibility index (Phi) is 7.01. The summed E-state index contributed by atoms with van der Waals surface area (Å²) in [7, 11) is -3.55. The minimum Gasteiger partial charge on any atom is -0.379 e. The first kappa shape index (κ1) is 20.0. The quantitative estimate of drug-likeness (QED) is 0.668. The van der Waals surface area contributed by atoms with Gasteiger partial charge in [0.2, 0.25) is 9.84 Å². The van der Waals surface area contributed by atoms with E-state index in [0.717, 1.165) is 45.8 Å². The van der Waals surface area contributed by atoms with Gasteiger partial charge in [-0.25, -0.2) is 8.42 Å². The highest BCUT2D eigenvalue weighted by atomic mass is 35.5. The number of sulfone groups is 1. The van der Waals surface area contributed by atoms with Crippen LogP contribution in [0.1, 0.15) is 12.0 Å². The van der Waals surface area contributed by atoms with Crippen molar-refractivity contribution in [1.82, 2.24) is 15.1 Å². The van der Waals surface area contributed by atoms with Crippen molar-refractivity contribution in [3.05, 3.63) is 47.0 Å². The lowest BCUT2D eigenvalue weighted by Crippen LogP contribution is -2.37. The van der Waals surface area contributed by atoms with Crippen LogP contribution in [0.3, 0.4) is 0 Å². The van der Waals surface area contributed by atoms with E-state index in [1.165, 1.54) is 6.07 Å². The van der Waals surface area contributed by atoms with Crippen LogP contribution in [0.4, 0.5) is 5.82 Å². The summed E-state index contributed by atoms with van der Waals surface area (Å²) in [6.45, 7) is 5.29. The topological polar surface area (TPSA) is 84.4 Å². The third-order valence-electron chi connectivity index (χ3n) is 4.29. The van der Waals surface area contributed by atoms with Gasteiger partial charge in [0.15, 0.2) is 5.03 Å². The summed E-state index contributed by atoms with van der Waals surface area (Å²) in [6.07, 6.45) is 0.971. The number of hydrogen-bond acceptors (Lipinski definition) is 7. The maximum absolute atomic E-state index is 12.5. The lowest BCUT2D eigenvalue weighted by atomic mass is 10.2. The van der Waals surface area contributed by atoms with Gasteiger partial charge in [-0.05, 0) is 42.8 Å². The SMILES string of the molecule is O=S(=O)(Cc1ccc(Cl)cc1)c1ccc(NCCCN2CCOCC2)nn1. The fourth-order valence-electron chi connectivity index (χ4n) is 2.80. The van der Waals surface area contributed by atoms with Gasteiger partial charge in [0.25, 0.3) is 0 Å². The second-order valence-electron chi connectivity index (χ2n) is 6.38. The second kappa shape index (κ2) is 9.45. The zero-order valence-electron chi connectivity index (χ0n) is 15.0. The van der Waals surface area contributed by atoms with Gasteiger partial charge >= 0.3 is 0 Å². The van der Waals surface area contributed by atoms with Gasteiger partial charge < -0.3 is 10.1 Å². The van der Waals surface area contributed by atoms with E-state index in [-0.39, 0.29) is 10.8 Å². The van der Waals surface area contributed by atoms with E-state index in [2.05, 4.69) is 20.4 Å². The smallest absolute Gasteiger partial charge is 0.201 e. The molecule has 0 unspecified atom stereocenters. The number of aromatic nitrogens is 2. The zero-order chi connectivity index (χ0) is 19.1. The number of ether oxygens (including phenoxy) is 1. The second-order valence-corrected chi connectivity index (χ2v) is 8.75. The molecule has 2 heterocycles. The monoisotopic (exact) mass is 410 g/mol. The molecule has 7 nitrogen and oxygen atoms in total. The Balaban J connectivity index is 1.49. The molecule has 0 radical (unpaired) electrons. The molecule has 0 bridgehead atoms. The molecule has 1 aromatic carbocycles. The van der Waals surface area contributed by atoms with Gasteiger partial charge in [0, 0.05) is 24.7 Å². The summed E-state index contributed by atoms with van der Waals surface area (Å²) in [5, 5.41) is 11.6. The molecule has 1 aliphatic rings. The van der Waals surface area contributed by atoms with Crippen molar-refractivity contribution in [1.29, 1.82) is 0 Å². The third kappa shape index (κ3) is 6.14. The predicted octanol–water partition coefficient (Wildman–Crippen LogP) is 2.24. The highest BCUT2D eigenvalue weighted by molar-refractivity contribution is 7.90. The molecule has 9 heteroatoms. The molecule has 146 valence electrons. The Hall–Kier alpha value is -1.74. The van der Waals surface area contributed by atoms with Crippen LogP contribution >= 0.6 is 11.6 Å². The molecule has 1 fully saturated rings. The van der Waals surface area contributed by atoms with Crippen molar-refractivity contribution in [3.8, 4) is 0 Å². The van der Waals surface area contributed by atoms with Gasteiger partial charge in [-0.2, -0.15) is 0 Å². The average Bonchev–Trinajstić information content (AvgIpc) is 2.68. The van der Waals surface area contributed by atoms with Gasteiger partial charge in [-0.15, -0.1) is 10.2 Å². The van der Waals surface area contributed by atoms with Crippen LogP contribution in [-0.4, -0.2) is 62.9 Å². The van der Waals surface area contributed by atoms with Crippen LogP contribution in [0.5, 0.6) is 0 Å². The van der Waals surface area contributed by atoms with E-state index < -0.39 is 9.84 Å². The first-order chi connectivity index (χ1) is 13.0. The molecular formula is C18H23ClN4O3S. The summed E-state index contributed by atoms with van der Waals surface area (Å²) in [5.74, 6) is 0.438. The molecule has 27 heavy (non-hydrogen) atoms. The van der Waals surface area contributed by atoms with Crippen molar-refractivity contribution in [3.63, 3.8) is 0 Å². The number of nitrogens with one attached hydrogen (secondary N) is 1. The van der Waals surface area contributed by atoms with Crippen molar-refractivity contribution in [2.24, 2.45) is 0 Å². The standard InChI is InChI=1S/C18H23ClN4O3S/c19-16-4-2-15(3-5-16)14-27(24,25)18-7-6-17(21-22-18)20-8-1-9-23-10-12-26-13-11-23/h2-7H,1,8-14H2,(H,20,21). The third-order valence-corrected chi connectivity index (χ3v) is 6.11. The lowest BCUT2D eigenvalue weighted by molar-refractivity contribution is 0.0378. The Morgan fingerprint density at radius 3 is 2.48 bits per heavy atom. The predicted molar refractivity (Wildman–Crippen MR) is 105 cm³/mol. The highest BCUT2D eigenvalue weighted by Crippen LogP contribution is 2.17. The molecule has 0 amide bonds. The molecule has 3 rings (SSSR count). The van der Waals surface area contributed by atoms with Crippen LogP contribution in [0, 0.1) is 0 Å². The molecule has 1 aromatic heterocycles.